The Morgan fingerprint density at radius 2 is 2.25 bits per heavy atom. The maximum atomic E-state index is 10.0. The lowest BCUT2D eigenvalue weighted by Crippen LogP contribution is -2.24. The van der Waals surface area contributed by atoms with Gasteiger partial charge in [0, 0.05) is 6.61 Å². The topological polar surface area (TPSA) is 58.6 Å². The average Bonchev–Trinajstić information content (AvgIpc) is 1.95. The van der Waals surface area contributed by atoms with E-state index in [0.717, 1.165) is 6.42 Å². The fraction of sp³-hybridized carbons (Fsp3) is 0.875. The van der Waals surface area contributed by atoms with Gasteiger partial charge >= 0.3 is 5.97 Å². The lowest BCUT2D eigenvalue weighted by molar-refractivity contribution is -0.135. The lowest BCUT2D eigenvalue weighted by Gasteiger charge is -2.06. The Morgan fingerprint density at radius 3 is 2.75 bits per heavy atom. The molecule has 0 aromatic heterocycles. The third-order valence-electron chi connectivity index (χ3n) is 1.23. The van der Waals surface area contributed by atoms with Crippen molar-refractivity contribution in [3.05, 3.63) is 0 Å². The highest BCUT2D eigenvalue weighted by Crippen LogP contribution is 1.88. The lowest BCUT2D eigenvalue weighted by atomic mass is 10.4. The molecule has 0 aromatic rings. The quantitative estimate of drug-likeness (QED) is 0.552. The second-order valence-electron chi connectivity index (χ2n) is 2.84. The molecule has 0 atom stereocenters. The first-order valence-corrected chi connectivity index (χ1v) is 4.17. The van der Waals surface area contributed by atoms with Crippen LogP contribution in [0.15, 0.2) is 0 Å². The third-order valence-corrected chi connectivity index (χ3v) is 1.23. The molecule has 0 heterocycles. The van der Waals surface area contributed by atoms with Gasteiger partial charge in [-0.2, -0.15) is 0 Å². The van der Waals surface area contributed by atoms with Crippen molar-refractivity contribution in [1.29, 1.82) is 0 Å². The van der Waals surface area contributed by atoms with E-state index in [1.807, 2.05) is 13.8 Å². The summed E-state index contributed by atoms with van der Waals surface area (Å²) < 4.78 is 5.26. The molecule has 0 aliphatic carbocycles. The van der Waals surface area contributed by atoms with Crippen molar-refractivity contribution in [2.45, 2.75) is 26.4 Å². The maximum absolute atomic E-state index is 10.0. The summed E-state index contributed by atoms with van der Waals surface area (Å²) in [5, 5.41) is 11.0. The molecule has 0 aliphatic rings. The number of rotatable bonds is 7. The SMILES string of the molecule is CC(C)OCCCNCC(=O)O. The molecule has 4 heteroatoms. The molecule has 0 spiro atoms. The molecule has 0 saturated carbocycles. The van der Waals surface area contributed by atoms with Crippen molar-refractivity contribution in [1.82, 2.24) is 5.32 Å². The predicted molar refractivity (Wildman–Crippen MR) is 46.2 cm³/mol. The first kappa shape index (κ1) is 11.4. The normalized spacial score (nSPS) is 10.6. The summed E-state index contributed by atoms with van der Waals surface area (Å²) in [7, 11) is 0. The molecule has 72 valence electrons. The van der Waals surface area contributed by atoms with E-state index in [2.05, 4.69) is 5.32 Å². The fourth-order valence-electron chi connectivity index (χ4n) is 0.712. The van der Waals surface area contributed by atoms with Crippen LogP contribution in [0.3, 0.4) is 0 Å². The minimum Gasteiger partial charge on any atom is -0.480 e. The van der Waals surface area contributed by atoms with Gasteiger partial charge in [0.2, 0.25) is 0 Å². The van der Waals surface area contributed by atoms with Crippen LogP contribution >= 0.6 is 0 Å². The molecule has 0 amide bonds. The molecule has 0 aromatic carbocycles. The smallest absolute Gasteiger partial charge is 0.317 e. The molecule has 0 bridgehead atoms. The minimum absolute atomic E-state index is 0.0294. The second-order valence-corrected chi connectivity index (χ2v) is 2.84. The van der Waals surface area contributed by atoms with E-state index in [1.54, 1.807) is 0 Å². The summed E-state index contributed by atoms with van der Waals surface area (Å²) in [5.41, 5.74) is 0. The number of aliphatic carboxylic acids is 1. The fourth-order valence-corrected chi connectivity index (χ4v) is 0.712. The van der Waals surface area contributed by atoms with Crippen molar-refractivity contribution in [2.75, 3.05) is 19.7 Å². The van der Waals surface area contributed by atoms with E-state index in [1.165, 1.54) is 0 Å². The first-order valence-electron chi connectivity index (χ1n) is 4.17. The summed E-state index contributed by atoms with van der Waals surface area (Å²) in [6.45, 7) is 5.36. The Morgan fingerprint density at radius 1 is 1.58 bits per heavy atom. The van der Waals surface area contributed by atoms with E-state index >= 15 is 0 Å². The van der Waals surface area contributed by atoms with Crippen LogP contribution in [0.1, 0.15) is 20.3 Å². The summed E-state index contributed by atoms with van der Waals surface area (Å²) in [6, 6.07) is 0. The van der Waals surface area contributed by atoms with E-state index in [4.69, 9.17) is 9.84 Å². The summed E-state index contributed by atoms with van der Waals surface area (Å²) in [6.07, 6.45) is 1.11. The van der Waals surface area contributed by atoms with Gasteiger partial charge in [-0.3, -0.25) is 4.79 Å². The number of ether oxygens (including phenoxy) is 1. The van der Waals surface area contributed by atoms with Crippen LogP contribution in [0.5, 0.6) is 0 Å². The number of nitrogens with one attached hydrogen (secondary N) is 1. The van der Waals surface area contributed by atoms with Crippen LogP contribution in [-0.4, -0.2) is 36.9 Å². The van der Waals surface area contributed by atoms with Crippen LogP contribution in [0.4, 0.5) is 0 Å². The summed E-state index contributed by atoms with van der Waals surface area (Å²) >= 11 is 0. The largest absolute Gasteiger partial charge is 0.480 e. The van der Waals surface area contributed by atoms with E-state index < -0.39 is 5.97 Å². The Hall–Kier alpha value is -0.610. The first-order chi connectivity index (χ1) is 5.63. The number of carboxylic acids is 1. The van der Waals surface area contributed by atoms with Gasteiger partial charge in [-0.15, -0.1) is 0 Å². The van der Waals surface area contributed by atoms with E-state index in [-0.39, 0.29) is 12.6 Å². The Balaban J connectivity index is 2.96. The molecule has 0 saturated heterocycles. The maximum Gasteiger partial charge on any atom is 0.317 e. The molecule has 0 fully saturated rings. The van der Waals surface area contributed by atoms with E-state index in [0.29, 0.717) is 13.2 Å². The van der Waals surface area contributed by atoms with Gasteiger partial charge in [-0.1, -0.05) is 0 Å². The van der Waals surface area contributed by atoms with Gasteiger partial charge < -0.3 is 15.2 Å². The average molecular weight is 175 g/mol. The van der Waals surface area contributed by atoms with Crippen molar-refractivity contribution < 1.29 is 14.6 Å². The third kappa shape index (κ3) is 9.39. The standard InChI is InChI=1S/C8H17NO3/c1-7(2)12-5-3-4-9-6-8(10)11/h7,9H,3-6H2,1-2H3,(H,10,11). The highest BCUT2D eigenvalue weighted by Gasteiger charge is 1.95. The second kappa shape index (κ2) is 7.06. The molecule has 0 unspecified atom stereocenters. The number of carbonyl (C=O) groups is 1. The van der Waals surface area contributed by atoms with Crippen LogP contribution in [0, 0.1) is 0 Å². The molecular formula is C8H17NO3. The van der Waals surface area contributed by atoms with Crippen molar-refractivity contribution >= 4 is 5.97 Å². The molecule has 0 radical (unpaired) electrons. The molecule has 12 heavy (non-hydrogen) atoms. The van der Waals surface area contributed by atoms with Gasteiger partial charge in [0.25, 0.3) is 0 Å². The van der Waals surface area contributed by atoms with Gasteiger partial charge in [0.15, 0.2) is 0 Å². The summed E-state index contributed by atoms with van der Waals surface area (Å²) in [4.78, 5) is 10.0. The molecule has 0 rings (SSSR count). The number of hydrogen-bond acceptors (Lipinski definition) is 3. The molecule has 4 nitrogen and oxygen atoms in total. The van der Waals surface area contributed by atoms with Crippen LogP contribution in [-0.2, 0) is 9.53 Å². The predicted octanol–water partition coefficient (Wildman–Crippen LogP) is 0.476. The number of carboxylic acid groups (broad SMARTS) is 1. The number of hydrogen-bond donors (Lipinski definition) is 2. The van der Waals surface area contributed by atoms with Gasteiger partial charge in [-0.25, -0.2) is 0 Å². The highest BCUT2D eigenvalue weighted by molar-refractivity contribution is 5.68. The zero-order valence-corrected chi connectivity index (χ0v) is 7.67. The zero-order chi connectivity index (χ0) is 9.40. The van der Waals surface area contributed by atoms with E-state index in [9.17, 15) is 4.79 Å². The monoisotopic (exact) mass is 175 g/mol. The van der Waals surface area contributed by atoms with Crippen molar-refractivity contribution in [3.63, 3.8) is 0 Å². The summed E-state index contributed by atoms with van der Waals surface area (Å²) in [5.74, 6) is -0.820. The van der Waals surface area contributed by atoms with Gasteiger partial charge in [-0.05, 0) is 26.8 Å². The molecule has 2 N–H and O–H groups in total. The minimum atomic E-state index is -0.820. The van der Waals surface area contributed by atoms with Gasteiger partial charge in [0.1, 0.15) is 0 Å². The van der Waals surface area contributed by atoms with Crippen LogP contribution < -0.4 is 5.32 Å². The van der Waals surface area contributed by atoms with Crippen molar-refractivity contribution in [2.24, 2.45) is 0 Å². The Bertz CT molecular complexity index is 125. The Kier molecular flexibility index (Phi) is 6.70. The van der Waals surface area contributed by atoms with Gasteiger partial charge in [0.05, 0.1) is 12.6 Å². The zero-order valence-electron chi connectivity index (χ0n) is 7.67. The van der Waals surface area contributed by atoms with Crippen molar-refractivity contribution in [3.8, 4) is 0 Å². The van der Waals surface area contributed by atoms with Crippen LogP contribution in [0.25, 0.3) is 0 Å². The highest BCUT2D eigenvalue weighted by atomic mass is 16.5. The Labute approximate surface area is 72.9 Å². The molecular weight excluding hydrogens is 158 g/mol. The van der Waals surface area contributed by atoms with Crippen LogP contribution in [0.2, 0.25) is 0 Å². The molecule has 0 aliphatic heterocycles.